The number of hydrogen-bond acceptors (Lipinski definition) is 3. The minimum atomic E-state index is -3.71. The van der Waals surface area contributed by atoms with Crippen LogP contribution in [0.2, 0.25) is 0 Å². The molecule has 0 unspecified atom stereocenters. The average molecular weight is 386 g/mol. The molecular formula is C20H32FNO3S. The number of nitrogens with zero attached hydrogens (tertiary/aromatic N) is 1. The third-order valence-electron chi connectivity index (χ3n) is 2.91. The van der Waals surface area contributed by atoms with Gasteiger partial charge in [0.1, 0.15) is 5.75 Å². The van der Waals surface area contributed by atoms with Gasteiger partial charge < -0.3 is 5.11 Å². The first-order valence-electron chi connectivity index (χ1n) is 8.48. The summed E-state index contributed by atoms with van der Waals surface area (Å²) in [5.41, 5.74) is 0.514. The molecule has 0 fully saturated rings. The van der Waals surface area contributed by atoms with Crippen LogP contribution >= 0.6 is 0 Å². The third-order valence-corrected chi connectivity index (χ3v) is 4.72. The predicted octanol–water partition coefficient (Wildman–Crippen LogP) is 5.30. The third kappa shape index (κ3) is 8.34. The number of alkyl halides is 1. The lowest BCUT2D eigenvalue weighted by Gasteiger charge is -2.27. The van der Waals surface area contributed by atoms with E-state index < -0.39 is 10.0 Å². The molecule has 0 saturated carbocycles. The van der Waals surface area contributed by atoms with Crippen LogP contribution in [0.15, 0.2) is 65.7 Å². The zero-order chi connectivity index (χ0) is 20.8. The summed E-state index contributed by atoms with van der Waals surface area (Å²) in [4.78, 5) is 0.138. The molecular weight excluding hydrogens is 353 g/mol. The lowest BCUT2D eigenvalue weighted by atomic mass is 10.2. The Kier molecular flexibility index (Phi) is 14.2. The van der Waals surface area contributed by atoms with Crippen LogP contribution in [0.25, 0.3) is 0 Å². The summed E-state index contributed by atoms with van der Waals surface area (Å²) in [6, 6.07) is 5.52. The van der Waals surface area contributed by atoms with Gasteiger partial charge in [-0.15, -0.1) is 0 Å². The highest BCUT2D eigenvalue weighted by atomic mass is 32.2. The van der Waals surface area contributed by atoms with Gasteiger partial charge in [0.15, 0.2) is 0 Å². The van der Waals surface area contributed by atoms with Crippen LogP contribution in [0.4, 0.5) is 4.39 Å². The standard InChI is InChI=1S/C17H23NO3S.C2H6.CH3F/c1-5-7-8-15(6-2)18(13-14(3)4)22(20,21)17-11-9-16(19)10-12-17;2*1-2/h5-12,14,19H,2,13H2,1,3-4H3;1-2H3;1H3/b7-5-,15-8+;;. The monoisotopic (exact) mass is 385 g/mol. The van der Waals surface area contributed by atoms with Crippen molar-refractivity contribution in [1.82, 2.24) is 4.31 Å². The van der Waals surface area contributed by atoms with Crippen LogP contribution < -0.4 is 0 Å². The second-order valence-electron chi connectivity index (χ2n) is 5.25. The van der Waals surface area contributed by atoms with E-state index in [1.807, 2.05) is 40.7 Å². The molecule has 0 aliphatic rings. The van der Waals surface area contributed by atoms with Crippen molar-refractivity contribution >= 4 is 10.0 Å². The Morgan fingerprint density at radius 3 is 2.12 bits per heavy atom. The summed E-state index contributed by atoms with van der Waals surface area (Å²) in [7, 11) is -3.21. The lowest BCUT2D eigenvalue weighted by molar-refractivity contribution is 0.429. The van der Waals surface area contributed by atoms with Crippen molar-refractivity contribution in [1.29, 1.82) is 0 Å². The maximum Gasteiger partial charge on any atom is 0.264 e. The van der Waals surface area contributed by atoms with Gasteiger partial charge in [0.25, 0.3) is 10.0 Å². The number of phenols is 1. The molecule has 148 valence electrons. The molecule has 0 amide bonds. The van der Waals surface area contributed by atoms with Gasteiger partial charge in [0.2, 0.25) is 0 Å². The molecule has 0 spiro atoms. The summed E-state index contributed by atoms with van der Waals surface area (Å²) in [5, 5.41) is 9.33. The normalized spacial score (nSPS) is 11.3. The fourth-order valence-corrected chi connectivity index (χ4v) is 3.51. The summed E-state index contributed by atoms with van der Waals surface area (Å²) in [5.74, 6) is 0.184. The Labute approximate surface area is 158 Å². The quantitative estimate of drug-likeness (QED) is 0.648. The molecule has 26 heavy (non-hydrogen) atoms. The van der Waals surface area contributed by atoms with E-state index in [2.05, 4.69) is 6.58 Å². The molecule has 4 nitrogen and oxygen atoms in total. The van der Waals surface area contributed by atoms with Crippen molar-refractivity contribution in [3.63, 3.8) is 0 Å². The molecule has 1 rings (SSSR count). The highest BCUT2D eigenvalue weighted by Gasteiger charge is 2.25. The second kappa shape index (κ2) is 14.1. The number of phenolic OH excluding ortho intramolecular Hbond substituents is 1. The van der Waals surface area contributed by atoms with Gasteiger partial charge in [-0.3, -0.25) is 8.70 Å². The maximum absolute atomic E-state index is 12.9. The molecule has 0 bridgehead atoms. The molecule has 0 atom stereocenters. The number of aromatic hydroxyl groups is 1. The Bertz CT molecular complexity index is 663. The summed E-state index contributed by atoms with van der Waals surface area (Å²) in [6.45, 7) is 13.8. The molecule has 0 aromatic heterocycles. The molecule has 0 radical (unpaired) electrons. The van der Waals surface area contributed by atoms with Gasteiger partial charge >= 0.3 is 0 Å². The van der Waals surface area contributed by atoms with E-state index in [1.165, 1.54) is 34.6 Å². The van der Waals surface area contributed by atoms with Crippen molar-refractivity contribution in [3.8, 4) is 5.75 Å². The molecule has 1 aromatic rings. The molecule has 0 heterocycles. The first kappa shape index (κ1) is 26.2. The molecule has 0 saturated heterocycles. The van der Waals surface area contributed by atoms with Gasteiger partial charge in [-0.25, -0.2) is 8.42 Å². The van der Waals surface area contributed by atoms with E-state index in [4.69, 9.17) is 0 Å². The topological polar surface area (TPSA) is 57.6 Å². The molecule has 0 aliphatic heterocycles. The van der Waals surface area contributed by atoms with Crippen LogP contribution in [0.5, 0.6) is 5.75 Å². The van der Waals surface area contributed by atoms with E-state index in [1.54, 1.807) is 12.2 Å². The first-order chi connectivity index (χ1) is 12.3. The summed E-state index contributed by atoms with van der Waals surface area (Å²) in [6.07, 6.45) is 6.84. The summed E-state index contributed by atoms with van der Waals surface area (Å²) >= 11 is 0. The fraction of sp³-hybridized carbons (Fsp3) is 0.400. The van der Waals surface area contributed by atoms with Gasteiger partial charge in [0.05, 0.1) is 17.8 Å². The van der Waals surface area contributed by atoms with Crippen LogP contribution in [-0.2, 0) is 10.0 Å². The van der Waals surface area contributed by atoms with Crippen LogP contribution in [-0.4, -0.2) is 31.6 Å². The van der Waals surface area contributed by atoms with E-state index in [9.17, 15) is 17.9 Å². The number of sulfonamides is 1. The second-order valence-corrected chi connectivity index (χ2v) is 7.11. The van der Waals surface area contributed by atoms with Crippen molar-refractivity contribution in [2.75, 3.05) is 13.7 Å². The van der Waals surface area contributed by atoms with Gasteiger partial charge in [-0.2, -0.15) is 0 Å². The van der Waals surface area contributed by atoms with Gasteiger partial charge in [0, 0.05) is 6.54 Å². The number of hydrogen-bond donors (Lipinski definition) is 1. The van der Waals surface area contributed by atoms with E-state index in [0.717, 1.165) is 0 Å². The van der Waals surface area contributed by atoms with Crippen molar-refractivity contribution in [3.05, 3.63) is 60.8 Å². The Morgan fingerprint density at radius 2 is 1.73 bits per heavy atom. The Balaban J connectivity index is 0. The van der Waals surface area contributed by atoms with Crippen molar-refractivity contribution in [2.45, 2.75) is 39.5 Å². The highest BCUT2D eigenvalue weighted by Crippen LogP contribution is 2.24. The summed E-state index contributed by atoms with van der Waals surface area (Å²) < 4.78 is 36.6. The van der Waals surface area contributed by atoms with Crippen molar-refractivity contribution in [2.24, 2.45) is 5.92 Å². The highest BCUT2D eigenvalue weighted by molar-refractivity contribution is 7.89. The maximum atomic E-state index is 12.9. The average Bonchev–Trinajstić information content (AvgIpc) is 2.64. The zero-order valence-electron chi connectivity index (χ0n) is 16.6. The van der Waals surface area contributed by atoms with Crippen LogP contribution in [0.1, 0.15) is 34.6 Å². The van der Waals surface area contributed by atoms with E-state index >= 15 is 0 Å². The number of allylic oxidation sites excluding steroid dienone is 4. The minimum absolute atomic E-state index is 0.0303. The van der Waals surface area contributed by atoms with E-state index in [0.29, 0.717) is 19.4 Å². The largest absolute Gasteiger partial charge is 0.508 e. The lowest BCUT2D eigenvalue weighted by Crippen LogP contribution is -2.33. The van der Waals surface area contributed by atoms with Gasteiger partial charge in [-0.05, 0) is 49.3 Å². The zero-order valence-corrected chi connectivity index (χ0v) is 17.4. The predicted molar refractivity (Wildman–Crippen MR) is 108 cm³/mol. The van der Waals surface area contributed by atoms with Gasteiger partial charge in [-0.1, -0.05) is 46.4 Å². The molecule has 1 aromatic carbocycles. The number of rotatable bonds is 7. The van der Waals surface area contributed by atoms with Crippen molar-refractivity contribution < 1.29 is 17.9 Å². The molecule has 6 heteroatoms. The van der Waals surface area contributed by atoms with Crippen LogP contribution in [0, 0.1) is 5.92 Å². The Hall–Kier alpha value is -2.08. The minimum Gasteiger partial charge on any atom is -0.508 e. The molecule has 0 aliphatic carbocycles. The van der Waals surface area contributed by atoms with Crippen LogP contribution in [0.3, 0.4) is 0 Å². The first-order valence-corrected chi connectivity index (χ1v) is 9.92. The fourth-order valence-electron chi connectivity index (χ4n) is 1.87. The SMILES string of the molecule is C=C/C(=C\C=C/C)N(CC(C)C)S(=O)(=O)c1ccc(O)cc1.CC.CF. The van der Waals surface area contributed by atoms with E-state index in [-0.39, 0.29) is 16.6 Å². The smallest absolute Gasteiger partial charge is 0.264 e. The Morgan fingerprint density at radius 1 is 1.23 bits per heavy atom. The number of benzene rings is 1. The molecule has 1 N–H and O–H groups in total. The number of halogens is 1.